The molecule has 106 valence electrons. The zero-order chi connectivity index (χ0) is 14.1. The van der Waals surface area contributed by atoms with Gasteiger partial charge in [-0.25, -0.2) is 0 Å². The minimum atomic E-state index is -4.61. The van der Waals surface area contributed by atoms with Crippen molar-refractivity contribution in [2.75, 3.05) is 6.54 Å². The van der Waals surface area contributed by atoms with Gasteiger partial charge in [-0.05, 0) is 11.1 Å². The molecule has 1 heterocycles. The number of alkyl halides is 3. The number of halogens is 3. The lowest BCUT2D eigenvalue weighted by atomic mass is 10.1. The third kappa shape index (κ3) is 3.66. The fourth-order valence-corrected chi connectivity index (χ4v) is 2.57. The van der Waals surface area contributed by atoms with Gasteiger partial charge in [-0.3, -0.25) is 4.84 Å². The van der Waals surface area contributed by atoms with Gasteiger partial charge < -0.3 is 0 Å². The average Bonchev–Trinajstić information content (AvgIpc) is 2.35. The van der Waals surface area contributed by atoms with E-state index in [2.05, 4.69) is 0 Å². The summed E-state index contributed by atoms with van der Waals surface area (Å²) in [6, 6.07) is 6.96. The molecule has 1 aliphatic heterocycles. The summed E-state index contributed by atoms with van der Waals surface area (Å²) >= 11 is 0. The van der Waals surface area contributed by atoms with Crippen molar-refractivity contribution < 1.29 is 26.4 Å². The predicted molar refractivity (Wildman–Crippen MR) is 59.8 cm³/mol. The lowest BCUT2D eigenvalue weighted by Gasteiger charge is -2.27. The molecule has 0 saturated carbocycles. The summed E-state index contributed by atoms with van der Waals surface area (Å²) in [4.78, 5) is 4.95. The maximum absolute atomic E-state index is 12.0. The van der Waals surface area contributed by atoms with Gasteiger partial charge >= 0.3 is 16.4 Å². The smallest absolute Gasteiger partial charge is 0.278 e. The molecule has 0 aliphatic carbocycles. The molecular weight excluding hydrogens is 285 g/mol. The molecule has 1 N–H and O–H groups in total. The van der Waals surface area contributed by atoms with Gasteiger partial charge in [-0.1, -0.05) is 28.7 Å². The van der Waals surface area contributed by atoms with Crippen molar-refractivity contribution in [1.29, 1.82) is 0 Å². The molecule has 0 saturated heterocycles. The maximum atomic E-state index is 12.0. The van der Waals surface area contributed by atoms with Crippen LogP contribution >= 0.6 is 0 Å². The van der Waals surface area contributed by atoms with Gasteiger partial charge in [0.05, 0.1) is 13.2 Å². The van der Waals surface area contributed by atoms with Gasteiger partial charge in [0.25, 0.3) is 0 Å². The molecule has 0 aromatic heterocycles. The molecule has 19 heavy (non-hydrogen) atoms. The highest BCUT2D eigenvalue weighted by atomic mass is 32.2. The van der Waals surface area contributed by atoms with E-state index in [1.807, 2.05) is 0 Å². The van der Waals surface area contributed by atoms with Crippen molar-refractivity contribution in [2.45, 2.75) is 19.3 Å². The van der Waals surface area contributed by atoms with Gasteiger partial charge in [0.2, 0.25) is 0 Å². The second kappa shape index (κ2) is 5.08. The summed E-state index contributed by atoms with van der Waals surface area (Å²) in [5, 5.41) is 0. The lowest BCUT2D eigenvalue weighted by Crippen LogP contribution is -2.45. The van der Waals surface area contributed by atoms with E-state index >= 15 is 0 Å². The van der Waals surface area contributed by atoms with Crippen molar-refractivity contribution in [3.63, 3.8) is 0 Å². The van der Waals surface area contributed by atoms with E-state index in [4.69, 9.17) is 4.84 Å². The van der Waals surface area contributed by atoms with E-state index in [-0.39, 0.29) is 13.2 Å². The van der Waals surface area contributed by atoms with Crippen LogP contribution in [-0.2, 0) is 28.2 Å². The van der Waals surface area contributed by atoms with Crippen molar-refractivity contribution in [2.24, 2.45) is 0 Å². The zero-order valence-electron chi connectivity index (χ0n) is 9.64. The van der Waals surface area contributed by atoms with Crippen LogP contribution in [0.1, 0.15) is 11.1 Å². The molecule has 0 amide bonds. The van der Waals surface area contributed by atoms with Gasteiger partial charge in [0.15, 0.2) is 0 Å². The van der Waals surface area contributed by atoms with Crippen molar-refractivity contribution >= 4 is 10.2 Å². The lowest BCUT2D eigenvalue weighted by molar-refractivity contribution is -0.127. The molecule has 0 atom stereocenters. The van der Waals surface area contributed by atoms with Gasteiger partial charge in [0, 0.05) is 0 Å². The van der Waals surface area contributed by atoms with Crippen LogP contribution in [0.3, 0.4) is 0 Å². The molecule has 5 nitrogen and oxygen atoms in total. The largest absolute Gasteiger partial charge is 0.402 e. The summed E-state index contributed by atoms with van der Waals surface area (Å²) in [5.41, 5.74) is 1.51. The van der Waals surface area contributed by atoms with Crippen LogP contribution < -0.4 is 4.72 Å². The van der Waals surface area contributed by atoms with Crippen LogP contribution in [0.15, 0.2) is 24.3 Å². The van der Waals surface area contributed by atoms with E-state index in [0.717, 1.165) is 5.56 Å². The van der Waals surface area contributed by atoms with Gasteiger partial charge in [-0.15, -0.1) is 0 Å². The molecule has 2 rings (SSSR count). The first-order chi connectivity index (χ1) is 8.78. The number of hydrogen-bond donors (Lipinski definition) is 1. The molecule has 0 fully saturated rings. The maximum Gasteiger partial charge on any atom is 0.402 e. The summed E-state index contributed by atoms with van der Waals surface area (Å²) in [6.45, 7) is -1.75. The number of rotatable bonds is 3. The minimum absolute atomic E-state index is 0.00308. The Kier molecular flexibility index (Phi) is 3.81. The monoisotopic (exact) mass is 296 g/mol. The first-order valence-electron chi connectivity index (χ1n) is 5.32. The van der Waals surface area contributed by atoms with Crippen molar-refractivity contribution in [3.8, 4) is 0 Å². The molecule has 1 aromatic carbocycles. The van der Waals surface area contributed by atoms with Crippen LogP contribution in [-0.4, -0.2) is 25.6 Å². The average molecular weight is 296 g/mol. The molecule has 1 aromatic rings. The summed E-state index contributed by atoms with van der Waals surface area (Å²) in [5.74, 6) is 0. The molecule has 0 radical (unpaired) electrons. The van der Waals surface area contributed by atoms with Crippen LogP contribution in [0.4, 0.5) is 13.2 Å². The molecular formula is C10H11F3N2O3S. The summed E-state index contributed by atoms with van der Waals surface area (Å²) < 4.78 is 61.3. The second-order valence-electron chi connectivity index (χ2n) is 3.94. The quantitative estimate of drug-likeness (QED) is 0.915. The fourth-order valence-electron chi connectivity index (χ4n) is 1.58. The minimum Gasteiger partial charge on any atom is -0.278 e. The molecule has 0 unspecified atom stereocenters. The van der Waals surface area contributed by atoms with E-state index in [0.29, 0.717) is 10.0 Å². The van der Waals surface area contributed by atoms with Gasteiger partial charge in [0.1, 0.15) is 6.54 Å². The molecule has 9 heteroatoms. The topological polar surface area (TPSA) is 58.6 Å². The Bertz CT molecular complexity index is 559. The van der Waals surface area contributed by atoms with Crippen molar-refractivity contribution in [1.82, 2.24) is 9.19 Å². The molecule has 1 aliphatic rings. The fraction of sp³-hybridized carbons (Fsp3) is 0.400. The first kappa shape index (κ1) is 14.3. The van der Waals surface area contributed by atoms with Crippen LogP contribution in [0.25, 0.3) is 0 Å². The Morgan fingerprint density at radius 2 is 1.89 bits per heavy atom. The Balaban J connectivity index is 2.08. The third-order valence-electron chi connectivity index (χ3n) is 2.50. The number of hydrogen-bond acceptors (Lipinski definition) is 3. The van der Waals surface area contributed by atoms with Crippen molar-refractivity contribution in [3.05, 3.63) is 35.4 Å². The van der Waals surface area contributed by atoms with Crippen LogP contribution in [0.2, 0.25) is 0 Å². The Morgan fingerprint density at radius 3 is 2.53 bits per heavy atom. The number of nitrogens with zero attached hydrogens (tertiary/aromatic N) is 1. The third-order valence-corrected chi connectivity index (χ3v) is 3.78. The standard InChI is InChI=1S/C10H11F3N2O3S/c11-10(12,13)7-14-19(16,17)15-5-8-3-1-2-4-9(8)6-18-15/h1-4,14H,5-7H2. The van der Waals surface area contributed by atoms with E-state index in [1.165, 1.54) is 4.72 Å². The van der Waals surface area contributed by atoms with E-state index in [9.17, 15) is 21.6 Å². The Labute approximate surface area is 108 Å². The summed E-state index contributed by atoms with van der Waals surface area (Å²) in [6.07, 6.45) is -4.61. The van der Waals surface area contributed by atoms with Gasteiger partial charge in [-0.2, -0.15) is 26.3 Å². The summed E-state index contributed by atoms with van der Waals surface area (Å²) in [7, 11) is -4.32. The highest BCUT2D eigenvalue weighted by Crippen LogP contribution is 2.22. The SMILES string of the molecule is O=S(=O)(NCC(F)(F)F)N1Cc2ccccc2CO1. The van der Waals surface area contributed by atoms with E-state index in [1.54, 1.807) is 24.3 Å². The Hall–Kier alpha value is -1.16. The predicted octanol–water partition coefficient (Wildman–Crippen LogP) is 1.33. The normalized spacial score (nSPS) is 17.2. The number of fused-ring (bicyclic) bond motifs is 1. The highest BCUT2D eigenvalue weighted by molar-refractivity contribution is 7.87. The Morgan fingerprint density at radius 1 is 1.26 bits per heavy atom. The second-order valence-corrected chi connectivity index (χ2v) is 5.59. The van der Waals surface area contributed by atoms with Crippen LogP contribution in [0.5, 0.6) is 0 Å². The zero-order valence-corrected chi connectivity index (χ0v) is 10.5. The highest BCUT2D eigenvalue weighted by Gasteiger charge is 2.33. The number of benzene rings is 1. The molecule has 0 bridgehead atoms. The number of nitrogens with one attached hydrogen (secondary N) is 1. The van der Waals surface area contributed by atoms with E-state index < -0.39 is 22.9 Å². The van der Waals surface area contributed by atoms with Crippen LogP contribution in [0, 0.1) is 0 Å². The molecule has 0 spiro atoms. The number of hydroxylamine groups is 1. The first-order valence-corrected chi connectivity index (χ1v) is 6.76.